The fourth-order valence-electron chi connectivity index (χ4n) is 3.56. The van der Waals surface area contributed by atoms with Crippen LogP contribution in [0.25, 0.3) is 0 Å². The maximum absolute atomic E-state index is 12.6. The molecule has 0 atom stereocenters. The molecule has 6 nitrogen and oxygen atoms in total. The van der Waals surface area contributed by atoms with Crippen LogP contribution >= 0.6 is 11.6 Å². The summed E-state index contributed by atoms with van der Waals surface area (Å²) in [4.78, 5) is 29.2. The minimum Gasteiger partial charge on any atom is -0.494 e. The molecule has 1 fully saturated rings. The third-order valence-corrected chi connectivity index (χ3v) is 5.46. The van der Waals surface area contributed by atoms with E-state index in [1.54, 1.807) is 24.3 Å². The highest BCUT2D eigenvalue weighted by atomic mass is 35.5. The van der Waals surface area contributed by atoms with E-state index in [9.17, 15) is 9.59 Å². The molecule has 0 aromatic heterocycles. The third-order valence-electron chi connectivity index (χ3n) is 5.16. The largest absolute Gasteiger partial charge is 0.494 e. The summed E-state index contributed by atoms with van der Waals surface area (Å²) < 4.78 is 5.46. The first-order valence-corrected chi connectivity index (χ1v) is 10.9. The number of hydrogen-bond donors (Lipinski definition) is 1. The van der Waals surface area contributed by atoms with Crippen molar-refractivity contribution in [2.24, 2.45) is 5.41 Å². The third kappa shape index (κ3) is 5.70. The van der Waals surface area contributed by atoms with Crippen molar-refractivity contribution in [1.82, 2.24) is 4.90 Å². The Bertz CT molecular complexity index is 947. The van der Waals surface area contributed by atoms with E-state index in [1.165, 1.54) is 0 Å². The van der Waals surface area contributed by atoms with Gasteiger partial charge in [-0.25, -0.2) is 0 Å². The van der Waals surface area contributed by atoms with Crippen LogP contribution < -0.4 is 15.0 Å². The Hall–Kier alpha value is -2.73. The van der Waals surface area contributed by atoms with E-state index in [0.717, 1.165) is 18.8 Å². The number of hydrogen-bond acceptors (Lipinski definition) is 4. The SMILES string of the molecule is CCOc1cccc(C(=O)Nc2ccc(N3CCN(C(=O)C(C)(C)C)CC3)c(Cl)c2)c1. The van der Waals surface area contributed by atoms with Gasteiger partial charge >= 0.3 is 0 Å². The highest BCUT2D eigenvalue weighted by Crippen LogP contribution is 2.30. The maximum Gasteiger partial charge on any atom is 0.255 e. The van der Waals surface area contributed by atoms with Gasteiger partial charge in [0.15, 0.2) is 0 Å². The van der Waals surface area contributed by atoms with Crippen molar-refractivity contribution < 1.29 is 14.3 Å². The quantitative estimate of drug-likeness (QED) is 0.728. The van der Waals surface area contributed by atoms with Crippen LogP contribution in [0.3, 0.4) is 0 Å². The lowest BCUT2D eigenvalue weighted by atomic mass is 9.94. The molecule has 1 aliphatic rings. The van der Waals surface area contributed by atoms with E-state index in [2.05, 4.69) is 10.2 Å². The molecular weight excluding hydrogens is 414 g/mol. The lowest BCUT2D eigenvalue weighted by Gasteiger charge is -2.39. The Balaban J connectivity index is 1.64. The number of ether oxygens (including phenoxy) is 1. The second-order valence-corrected chi connectivity index (χ2v) is 9.02. The van der Waals surface area contributed by atoms with Crippen LogP contribution in [0.5, 0.6) is 5.75 Å². The average molecular weight is 444 g/mol. The molecule has 0 aliphatic carbocycles. The van der Waals surface area contributed by atoms with Gasteiger partial charge in [0, 0.05) is 42.8 Å². The summed E-state index contributed by atoms with van der Waals surface area (Å²) in [6.45, 7) is 11.0. The second-order valence-electron chi connectivity index (χ2n) is 8.61. The van der Waals surface area contributed by atoms with Crippen molar-refractivity contribution in [3.05, 3.63) is 53.1 Å². The summed E-state index contributed by atoms with van der Waals surface area (Å²) in [5.41, 5.74) is 1.68. The van der Waals surface area contributed by atoms with Crippen LogP contribution in [0.1, 0.15) is 38.1 Å². The zero-order valence-corrected chi connectivity index (χ0v) is 19.3. The molecule has 3 rings (SSSR count). The standard InChI is InChI=1S/C24H30ClN3O3/c1-5-31-19-8-6-7-17(15-19)22(29)26-18-9-10-21(20(25)16-18)27-11-13-28(14-12-27)23(30)24(2,3)4/h6-10,15-16H,5,11-14H2,1-4H3,(H,26,29). The topological polar surface area (TPSA) is 61.9 Å². The summed E-state index contributed by atoms with van der Waals surface area (Å²) in [6, 6.07) is 12.6. The lowest BCUT2D eigenvalue weighted by Crippen LogP contribution is -2.51. The average Bonchev–Trinajstić information content (AvgIpc) is 2.73. The molecule has 1 N–H and O–H groups in total. The van der Waals surface area contributed by atoms with Gasteiger partial charge in [-0.3, -0.25) is 9.59 Å². The second kappa shape index (κ2) is 9.60. The number of carbonyl (C=O) groups is 2. The first kappa shape index (κ1) is 22.9. The predicted molar refractivity (Wildman–Crippen MR) is 125 cm³/mol. The highest BCUT2D eigenvalue weighted by molar-refractivity contribution is 6.33. The minimum atomic E-state index is -0.373. The lowest BCUT2D eigenvalue weighted by molar-refractivity contribution is -0.139. The van der Waals surface area contributed by atoms with Crippen LogP contribution in [-0.2, 0) is 4.79 Å². The molecule has 2 aromatic carbocycles. The first-order valence-electron chi connectivity index (χ1n) is 10.6. The van der Waals surface area contributed by atoms with Gasteiger partial charge in [-0.2, -0.15) is 0 Å². The molecule has 166 valence electrons. The molecule has 31 heavy (non-hydrogen) atoms. The number of amides is 2. The molecule has 1 heterocycles. The van der Waals surface area contributed by atoms with E-state index in [1.807, 2.05) is 50.8 Å². The molecule has 0 saturated carbocycles. The maximum atomic E-state index is 12.6. The fraction of sp³-hybridized carbons (Fsp3) is 0.417. The van der Waals surface area contributed by atoms with Gasteiger partial charge in [-0.05, 0) is 43.3 Å². The summed E-state index contributed by atoms with van der Waals surface area (Å²) in [5.74, 6) is 0.608. The number of rotatable bonds is 5. The fourth-order valence-corrected chi connectivity index (χ4v) is 3.86. The van der Waals surface area contributed by atoms with Crippen molar-refractivity contribution in [2.45, 2.75) is 27.7 Å². The monoisotopic (exact) mass is 443 g/mol. The van der Waals surface area contributed by atoms with Gasteiger partial charge < -0.3 is 19.9 Å². The Morgan fingerprint density at radius 1 is 1.06 bits per heavy atom. The number of benzene rings is 2. The summed E-state index contributed by atoms with van der Waals surface area (Å²) >= 11 is 6.54. The molecular formula is C24H30ClN3O3. The van der Waals surface area contributed by atoms with Crippen molar-refractivity contribution in [3.63, 3.8) is 0 Å². The van der Waals surface area contributed by atoms with Gasteiger partial charge in [-0.15, -0.1) is 0 Å². The Morgan fingerprint density at radius 2 is 1.77 bits per heavy atom. The Kier molecular flexibility index (Phi) is 7.11. The van der Waals surface area contributed by atoms with Crippen molar-refractivity contribution >= 4 is 34.8 Å². The van der Waals surface area contributed by atoms with E-state index in [4.69, 9.17) is 16.3 Å². The molecule has 0 spiro atoms. The van der Waals surface area contributed by atoms with Crippen LogP contribution in [0, 0.1) is 5.41 Å². The number of carbonyl (C=O) groups excluding carboxylic acids is 2. The smallest absolute Gasteiger partial charge is 0.255 e. The number of piperazine rings is 1. The van der Waals surface area contributed by atoms with E-state index in [0.29, 0.717) is 41.7 Å². The van der Waals surface area contributed by atoms with Gasteiger partial charge in [0.05, 0.1) is 17.3 Å². The summed E-state index contributed by atoms with van der Waals surface area (Å²) in [6.07, 6.45) is 0. The minimum absolute atomic E-state index is 0.171. The van der Waals surface area contributed by atoms with Gasteiger partial charge in [-0.1, -0.05) is 38.4 Å². The number of halogens is 1. The van der Waals surface area contributed by atoms with Crippen molar-refractivity contribution in [2.75, 3.05) is 43.0 Å². The van der Waals surface area contributed by atoms with Crippen LogP contribution in [0.4, 0.5) is 11.4 Å². The first-order chi connectivity index (χ1) is 14.7. The number of nitrogens with zero attached hydrogens (tertiary/aromatic N) is 2. The summed E-state index contributed by atoms with van der Waals surface area (Å²) in [5, 5.41) is 3.45. The zero-order valence-electron chi connectivity index (χ0n) is 18.6. The van der Waals surface area contributed by atoms with E-state index < -0.39 is 0 Å². The molecule has 2 aromatic rings. The molecule has 0 unspecified atom stereocenters. The van der Waals surface area contributed by atoms with Crippen LogP contribution in [0.2, 0.25) is 5.02 Å². The normalized spacial score (nSPS) is 14.4. The molecule has 0 radical (unpaired) electrons. The summed E-state index contributed by atoms with van der Waals surface area (Å²) in [7, 11) is 0. The molecule has 1 saturated heterocycles. The molecule has 2 amide bonds. The molecule has 0 bridgehead atoms. The van der Waals surface area contributed by atoms with Gasteiger partial charge in [0.2, 0.25) is 5.91 Å². The van der Waals surface area contributed by atoms with E-state index in [-0.39, 0.29) is 17.2 Å². The molecule has 1 aliphatic heterocycles. The van der Waals surface area contributed by atoms with Gasteiger partial charge in [0.1, 0.15) is 5.75 Å². The van der Waals surface area contributed by atoms with Crippen molar-refractivity contribution in [3.8, 4) is 5.75 Å². The Labute approximate surface area is 189 Å². The number of anilines is 2. The van der Waals surface area contributed by atoms with E-state index >= 15 is 0 Å². The Morgan fingerprint density at radius 3 is 2.39 bits per heavy atom. The van der Waals surface area contributed by atoms with Crippen LogP contribution in [-0.4, -0.2) is 49.5 Å². The van der Waals surface area contributed by atoms with Crippen molar-refractivity contribution in [1.29, 1.82) is 0 Å². The zero-order chi connectivity index (χ0) is 22.6. The highest BCUT2D eigenvalue weighted by Gasteiger charge is 2.30. The van der Waals surface area contributed by atoms with Gasteiger partial charge in [0.25, 0.3) is 5.91 Å². The van der Waals surface area contributed by atoms with Crippen LogP contribution in [0.15, 0.2) is 42.5 Å². The predicted octanol–water partition coefficient (Wildman–Crippen LogP) is 4.69. The molecule has 7 heteroatoms. The number of nitrogens with one attached hydrogen (secondary N) is 1.